The molecular weight excluding hydrogens is 286 g/mol. The Labute approximate surface area is 109 Å². The number of thiophene rings is 1. The van der Waals surface area contributed by atoms with Crippen molar-refractivity contribution in [2.75, 3.05) is 13.1 Å². The number of halogens is 1. The zero-order valence-corrected chi connectivity index (χ0v) is 11.5. The van der Waals surface area contributed by atoms with E-state index in [9.17, 15) is 13.2 Å². The highest BCUT2D eigenvalue weighted by atomic mass is 35.5. The van der Waals surface area contributed by atoms with Gasteiger partial charge in [0.05, 0.1) is 10.8 Å². The maximum Gasteiger partial charge on any atom is 0.304 e. The van der Waals surface area contributed by atoms with Crippen molar-refractivity contribution < 1.29 is 18.3 Å². The maximum absolute atomic E-state index is 12.1. The van der Waals surface area contributed by atoms with Crippen LogP contribution < -0.4 is 0 Å². The van der Waals surface area contributed by atoms with E-state index in [4.69, 9.17) is 16.7 Å². The summed E-state index contributed by atoms with van der Waals surface area (Å²) in [6.45, 7) is 1.85. The first kappa shape index (κ1) is 14.4. The second kappa shape index (κ2) is 5.81. The lowest BCUT2D eigenvalue weighted by Crippen LogP contribution is -2.32. The van der Waals surface area contributed by atoms with Crippen LogP contribution in [0.3, 0.4) is 0 Å². The first-order valence-corrected chi connectivity index (χ1v) is 7.48. The SMILES string of the molecule is CCN(CCC(=O)O)S(=O)(=O)c1ccc(Cl)s1. The Balaban J connectivity index is 2.90. The van der Waals surface area contributed by atoms with E-state index < -0.39 is 16.0 Å². The number of carbonyl (C=O) groups is 1. The first-order chi connectivity index (χ1) is 7.87. The Morgan fingerprint density at radius 2 is 2.18 bits per heavy atom. The van der Waals surface area contributed by atoms with E-state index in [1.807, 2.05) is 0 Å². The highest BCUT2D eigenvalue weighted by Gasteiger charge is 2.25. The van der Waals surface area contributed by atoms with Gasteiger partial charge < -0.3 is 5.11 Å². The van der Waals surface area contributed by atoms with Crippen LogP contribution in [0.1, 0.15) is 13.3 Å². The van der Waals surface area contributed by atoms with Gasteiger partial charge in [-0.3, -0.25) is 4.79 Å². The van der Waals surface area contributed by atoms with Gasteiger partial charge in [-0.15, -0.1) is 11.3 Å². The molecule has 0 aliphatic rings. The fourth-order valence-corrected chi connectivity index (χ4v) is 4.32. The number of carboxylic acid groups (broad SMARTS) is 1. The molecule has 0 radical (unpaired) electrons. The highest BCUT2D eigenvalue weighted by molar-refractivity contribution is 7.91. The van der Waals surface area contributed by atoms with E-state index in [1.54, 1.807) is 6.92 Å². The number of aliphatic carboxylic acids is 1. The average Bonchev–Trinajstić information content (AvgIpc) is 2.65. The van der Waals surface area contributed by atoms with Crippen LogP contribution in [0.25, 0.3) is 0 Å². The Morgan fingerprint density at radius 1 is 1.53 bits per heavy atom. The molecule has 0 spiro atoms. The molecule has 8 heteroatoms. The fraction of sp³-hybridized carbons (Fsp3) is 0.444. The third-order valence-electron chi connectivity index (χ3n) is 2.07. The number of sulfonamides is 1. The van der Waals surface area contributed by atoms with Crippen molar-refractivity contribution in [1.82, 2.24) is 4.31 Å². The molecule has 5 nitrogen and oxygen atoms in total. The largest absolute Gasteiger partial charge is 0.481 e. The van der Waals surface area contributed by atoms with E-state index >= 15 is 0 Å². The minimum absolute atomic E-state index is 0.0380. The van der Waals surface area contributed by atoms with Crippen molar-refractivity contribution >= 4 is 38.9 Å². The standard InChI is InChI=1S/C9H12ClNO4S2/c1-2-11(6-5-8(12)13)17(14,15)9-4-3-7(10)16-9/h3-4H,2,5-6H2,1H3,(H,12,13). The molecule has 0 atom stereocenters. The van der Waals surface area contributed by atoms with E-state index in [-0.39, 0.29) is 23.7 Å². The molecule has 1 rings (SSSR count). The summed E-state index contributed by atoms with van der Waals surface area (Å²) in [4.78, 5) is 10.4. The minimum atomic E-state index is -3.62. The quantitative estimate of drug-likeness (QED) is 0.870. The normalized spacial score (nSPS) is 11.9. The molecular formula is C9H12ClNO4S2. The molecule has 0 saturated carbocycles. The number of hydrogen-bond acceptors (Lipinski definition) is 4. The lowest BCUT2D eigenvalue weighted by molar-refractivity contribution is -0.137. The number of hydrogen-bond donors (Lipinski definition) is 1. The van der Waals surface area contributed by atoms with Gasteiger partial charge in [-0.25, -0.2) is 8.42 Å². The van der Waals surface area contributed by atoms with Crippen molar-refractivity contribution in [2.45, 2.75) is 17.6 Å². The summed E-state index contributed by atoms with van der Waals surface area (Å²) in [6, 6.07) is 2.93. The Kier molecular flexibility index (Phi) is 4.93. The van der Waals surface area contributed by atoms with Gasteiger partial charge in [-0.05, 0) is 12.1 Å². The van der Waals surface area contributed by atoms with Crippen LogP contribution in [0, 0.1) is 0 Å². The van der Waals surface area contributed by atoms with Gasteiger partial charge in [-0.1, -0.05) is 18.5 Å². The summed E-state index contributed by atoms with van der Waals surface area (Å²) < 4.78 is 25.8. The summed E-state index contributed by atoms with van der Waals surface area (Å²) in [7, 11) is -3.62. The van der Waals surface area contributed by atoms with Crippen LogP contribution in [0.4, 0.5) is 0 Å². The molecule has 0 amide bonds. The van der Waals surface area contributed by atoms with E-state index in [2.05, 4.69) is 0 Å². The van der Waals surface area contributed by atoms with Crippen molar-refractivity contribution in [2.24, 2.45) is 0 Å². The summed E-state index contributed by atoms with van der Waals surface area (Å²) >= 11 is 6.64. The summed E-state index contributed by atoms with van der Waals surface area (Å²) in [5, 5.41) is 8.56. The summed E-state index contributed by atoms with van der Waals surface area (Å²) in [5.41, 5.74) is 0. The molecule has 0 saturated heterocycles. The topological polar surface area (TPSA) is 74.7 Å². The van der Waals surface area contributed by atoms with E-state index in [1.165, 1.54) is 12.1 Å². The monoisotopic (exact) mass is 297 g/mol. The van der Waals surface area contributed by atoms with Gasteiger partial charge in [0.15, 0.2) is 0 Å². The molecule has 96 valence electrons. The lowest BCUT2D eigenvalue weighted by Gasteiger charge is -2.18. The van der Waals surface area contributed by atoms with Crippen molar-refractivity contribution in [3.63, 3.8) is 0 Å². The molecule has 0 aliphatic carbocycles. The fourth-order valence-electron chi connectivity index (χ4n) is 1.23. The summed E-state index contributed by atoms with van der Waals surface area (Å²) in [6.07, 6.45) is -0.216. The second-order valence-electron chi connectivity index (χ2n) is 3.20. The predicted octanol–water partition coefficient (Wildman–Crippen LogP) is 1.89. The van der Waals surface area contributed by atoms with Crippen LogP contribution in [0.15, 0.2) is 16.3 Å². The zero-order chi connectivity index (χ0) is 13.1. The van der Waals surface area contributed by atoms with Crippen molar-refractivity contribution in [1.29, 1.82) is 0 Å². The number of nitrogens with zero attached hydrogens (tertiary/aromatic N) is 1. The number of carboxylic acids is 1. The van der Waals surface area contributed by atoms with Crippen LogP contribution in [-0.2, 0) is 14.8 Å². The van der Waals surface area contributed by atoms with Gasteiger partial charge in [0.2, 0.25) is 0 Å². The van der Waals surface area contributed by atoms with Gasteiger partial charge in [0.25, 0.3) is 10.0 Å². The molecule has 1 aromatic heterocycles. The van der Waals surface area contributed by atoms with E-state index in [0.717, 1.165) is 15.6 Å². The van der Waals surface area contributed by atoms with Crippen molar-refractivity contribution in [3.8, 4) is 0 Å². The smallest absolute Gasteiger partial charge is 0.304 e. The van der Waals surface area contributed by atoms with E-state index in [0.29, 0.717) is 4.34 Å². The van der Waals surface area contributed by atoms with Gasteiger partial charge >= 0.3 is 5.97 Å². The Bertz CT molecular complexity index is 497. The Morgan fingerprint density at radius 3 is 2.59 bits per heavy atom. The third-order valence-corrected chi connectivity index (χ3v) is 5.74. The van der Waals surface area contributed by atoms with Gasteiger partial charge in [0, 0.05) is 13.1 Å². The average molecular weight is 298 g/mol. The van der Waals surface area contributed by atoms with Crippen molar-refractivity contribution in [3.05, 3.63) is 16.5 Å². The number of rotatable bonds is 6. The molecule has 0 aliphatic heterocycles. The van der Waals surface area contributed by atoms with Crippen LogP contribution in [0.5, 0.6) is 0 Å². The van der Waals surface area contributed by atoms with Gasteiger partial charge in [-0.2, -0.15) is 4.31 Å². The highest BCUT2D eigenvalue weighted by Crippen LogP contribution is 2.28. The molecule has 1 heterocycles. The zero-order valence-electron chi connectivity index (χ0n) is 9.09. The third kappa shape index (κ3) is 3.67. The predicted molar refractivity (Wildman–Crippen MR) is 66.0 cm³/mol. The van der Waals surface area contributed by atoms with Crippen LogP contribution in [0.2, 0.25) is 4.34 Å². The minimum Gasteiger partial charge on any atom is -0.481 e. The lowest BCUT2D eigenvalue weighted by atomic mass is 10.4. The maximum atomic E-state index is 12.1. The molecule has 0 bridgehead atoms. The van der Waals surface area contributed by atoms with Gasteiger partial charge in [0.1, 0.15) is 4.21 Å². The second-order valence-corrected chi connectivity index (χ2v) is 7.08. The molecule has 17 heavy (non-hydrogen) atoms. The molecule has 0 fully saturated rings. The van der Waals surface area contributed by atoms with Crippen LogP contribution in [-0.4, -0.2) is 36.9 Å². The molecule has 1 aromatic rings. The first-order valence-electron chi connectivity index (χ1n) is 4.85. The Hall–Kier alpha value is -0.630. The molecule has 0 aromatic carbocycles. The molecule has 1 N–H and O–H groups in total. The summed E-state index contributed by atoms with van der Waals surface area (Å²) in [5.74, 6) is -1.03. The van der Waals surface area contributed by atoms with Crippen LogP contribution >= 0.6 is 22.9 Å². The molecule has 0 unspecified atom stereocenters.